The number of ether oxygens (including phenoxy) is 3. The zero-order valence-corrected chi connectivity index (χ0v) is 14.2. The lowest BCUT2D eigenvalue weighted by Gasteiger charge is -2.29. The number of para-hydroxylation sites is 1. The quantitative estimate of drug-likeness (QED) is 0.391. The predicted molar refractivity (Wildman–Crippen MR) is 93.1 cm³/mol. The number of benzene rings is 2. The highest BCUT2D eigenvalue weighted by Crippen LogP contribution is 2.27. The van der Waals surface area contributed by atoms with Gasteiger partial charge in [-0.3, -0.25) is 0 Å². The SMILES string of the molecule is CCCCOCC(C)(OC(=O)Oc1ccccc1)c1ccccc1. The minimum atomic E-state index is -0.902. The molecule has 0 saturated heterocycles. The Morgan fingerprint density at radius 2 is 1.62 bits per heavy atom. The fraction of sp³-hybridized carbons (Fsp3) is 0.350. The van der Waals surface area contributed by atoms with Crippen molar-refractivity contribution < 1.29 is 19.0 Å². The minimum absolute atomic E-state index is 0.279. The average Bonchev–Trinajstić information content (AvgIpc) is 2.60. The Morgan fingerprint density at radius 3 is 2.25 bits per heavy atom. The van der Waals surface area contributed by atoms with E-state index in [-0.39, 0.29) is 6.61 Å². The highest BCUT2D eigenvalue weighted by atomic mass is 16.7. The summed E-state index contributed by atoms with van der Waals surface area (Å²) in [6.45, 7) is 4.85. The van der Waals surface area contributed by atoms with Gasteiger partial charge in [0.25, 0.3) is 0 Å². The molecule has 0 aliphatic heterocycles. The Hall–Kier alpha value is -2.33. The van der Waals surface area contributed by atoms with Crippen LogP contribution in [-0.4, -0.2) is 19.4 Å². The maximum absolute atomic E-state index is 12.2. The van der Waals surface area contributed by atoms with Crippen LogP contribution in [0.15, 0.2) is 60.7 Å². The highest BCUT2D eigenvalue weighted by Gasteiger charge is 2.32. The second-order valence-corrected chi connectivity index (χ2v) is 5.77. The van der Waals surface area contributed by atoms with E-state index in [0.717, 1.165) is 18.4 Å². The summed E-state index contributed by atoms with van der Waals surface area (Å²) in [6.07, 6.45) is 1.28. The Morgan fingerprint density at radius 1 is 1.00 bits per heavy atom. The molecule has 4 heteroatoms. The Labute approximate surface area is 143 Å². The summed E-state index contributed by atoms with van der Waals surface area (Å²) in [6, 6.07) is 18.4. The lowest BCUT2D eigenvalue weighted by Crippen LogP contribution is -2.35. The molecule has 0 aromatic heterocycles. The summed E-state index contributed by atoms with van der Waals surface area (Å²) >= 11 is 0. The van der Waals surface area contributed by atoms with E-state index in [2.05, 4.69) is 6.92 Å². The van der Waals surface area contributed by atoms with E-state index >= 15 is 0 Å². The molecule has 0 aliphatic carbocycles. The molecule has 0 bridgehead atoms. The van der Waals surface area contributed by atoms with E-state index in [1.165, 1.54) is 0 Å². The Kier molecular flexibility index (Phi) is 6.82. The topological polar surface area (TPSA) is 44.8 Å². The van der Waals surface area contributed by atoms with Crippen molar-refractivity contribution >= 4 is 6.16 Å². The monoisotopic (exact) mass is 328 g/mol. The first-order valence-corrected chi connectivity index (χ1v) is 8.23. The van der Waals surface area contributed by atoms with E-state index in [4.69, 9.17) is 14.2 Å². The number of unbranched alkanes of at least 4 members (excludes halogenated alkanes) is 1. The van der Waals surface area contributed by atoms with E-state index in [1.54, 1.807) is 24.3 Å². The van der Waals surface area contributed by atoms with Gasteiger partial charge in [-0.1, -0.05) is 61.9 Å². The van der Waals surface area contributed by atoms with Gasteiger partial charge >= 0.3 is 6.16 Å². The normalized spacial score (nSPS) is 13.1. The first-order chi connectivity index (χ1) is 11.6. The van der Waals surface area contributed by atoms with Gasteiger partial charge in [-0.05, 0) is 31.0 Å². The van der Waals surface area contributed by atoms with Crippen LogP contribution in [0, 0.1) is 0 Å². The van der Waals surface area contributed by atoms with Gasteiger partial charge in [0.15, 0.2) is 5.60 Å². The van der Waals surface area contributed by atoms with Gasteiger partial charge in [-0.25, -0.2) is 4.79 Å². The molecular formula is C20H24O4. The van der Waals surface area contributed by atoms with Crippen molar-refractivity contribution in [2.75, 3.05) is 13.2 Å². The van der Waals surface area contributed by atoms with Gasteiger partial charge in [0.2, 0.25) is 0 Å². The molecule has 0 heterocycles. The average molecular weight is 328 g/mol. The van der Waals surface area contributed by atoms with Crippen LogP contribution < -0.4 is 4.74 Å². The van der Waals surface area contributed by atoms with Gasteiger partial charge in [-0.15, -0.1) is 0 Å². The van der Waals surface area contributed by atoms with Crippen LogP contribution in [0.3, 0.4) is 0 Å². The summed E-state index contributed by atoms with van der Waals surface area (Å²) in [4.78, 5) is 12.2. The molecule has 2 aromatic carbocycles. The zero-order valence-electron chi connectivity index (χ0n) is 14.2. The number of hydrogen-bond acceptors (Lipinski definition) is 4. The molecule has 4 nitrogen and oxygen atoms in total. The van der Waals surface area contributed by atoms with Gasteiger partial charge < -0.3 is 14.2 Å². The molecular weight excluding hydrogens is 304 g/mol. The van der Waals surface area contributed by atoms with Crippen LogP contribution >= 0.6 is 0 Å². The standard InChI is InChI=1S/C20H24O4/c1-3-4-15-22-16-20(2,17-11-7-5-8-12-17)24-19(21)23-18-13-9-6-10-14-18/h5-14H,3-4,15-16H2,1-2H3. The molecule has 1 atom stereocenters. The summed E-state index contributed by atoms with van der Waals surface area (Å²) in [5, 5.41) is 0. The summed E-state index contributed by atoms with van der Waals surface area (Å²) in [5.41, 5.74) is -0.0348. The third-order valence-corrected chi connectivity index (χ3v) is 3.66. The van der Waals surface area contributed by atoms with Crippen molar-refractivity contribution in [1.29, 1.82) is 0 Å². The third kappa shape index (κ3) is 5.39. The Bertz CT molecular complexity index is 612. The van der Waals surface area contributed by atoms with Gasteiger partial charge in [0.05, 0.1) is 6.61 Å². The van der Waals surface area contributed by atoms with Crippen LogP contribution in [0.2, 0.25) is 0 Å². The second kappa shape index (κ2) is 9.08. The van der Waals surface area contributed by atoms with Crippen LogP contribution in [0.4, 0.5) is 4.79 Å². The van der Waals surface area contributed by atoms with Crippen LogP contribution in [0.5, 0.6) is 5.75 Å². The molecule has 1 unspecified atom stereocenters. The van der Waals surface area contributed by atoms with Crippen LogP contribution in [-0.2, 0) is 15.1 Å². The van der Waals surface area contributed by atoms with Gasteiger partial charge in [0.1, 0.15) is 5.75 Å². The molecule has 2 rings (SSSR count). The maximum Gasteiger partial charge on any atom is 0.514 e. The molecule has 0 radical (unpaired) electrons. The maximum atomic E-state index is 12.2. The van der Waals surface area contributed by atoms with E-state index in [0.29, 0.717) is 12.4 Å². The van der Waals surface area contributed by atoms with Gasteiger partial charge in [0, 0.05) is 6.61 Å². The predicted octanol–water partition coefficient (Wildman–Crippen LogP) is 4.93. The molecule has 0 fully saturated rings. The number of carbonyl (C=O) groups excluding carboxylic acids is 1. The van der Waals surface area contributed by atoms with E-state index < -0.39 is 11.8 Å². The fourth-order valence-corrected chi connectivity index (χ4v) is 2.27. The molecule has 0 spiro atoms. The Balaban J connectivity index is 2.06. The van der Waals surface area contributed by atoms with Crippen molar-refractivity contribution in [3.63, 3.8) is 0 Å². The summed E-state index contributed by atoms with van der Waals surface area (Å²) in [7, 11) is 0. The molecule has 2 aromatic rings. The van der Waals surface area contributed by atoms with Crippen molar-refractivity contribution in [2.24, 2.45) is 0 Å². The molecule has 128 valence electrons. The smallest absolute Gasteiger partial charge is 0.420 e. The third-order valence-electron chi connectivity index (χ3n) is 3.66. The van der Waals surface area contributed by atoms with Crippen LogP contribution in [0.1, 0.15) is 32.3 Å². The molecule has 24 heavy (non-hydrogen) atoms. The number of rotatable bonds is 8. The van der Waals surface area contributed by atoms with Crippen molar-refractivity contribution in [1.82, 2.24) is 0 Å². The fourth-order valence-electron chi connectivity index (χ4n) is 2.27. The summed E-state index contributed by atoms with van der Waals surface area (Å²) in [5.74, 6) is 0.449. The number of carbonyl (C=O) groups is 1. The van der Waals surface area contributed by atoms with E-state index in [9.17, 15) is 4.79 Å². The first kappa shape index (κ1) is 18.0. The lowest BCUT2D eigenvalue weighted by atomic mass is 9.97. The van der Waals surface area contributed by atoms with Crippen molar-refractivity contribution in [3.05, 3.63) is 66.2 Å². The minimum Gasteiger partial charge on any atom is -0.420 e. The number of hydrogen-bond donors (Lipinski definition) is 0. The van der Waals surface area contributed by atoms with Crippen molar-refractivity contribution in [2.45, 2.75) is 32.3 Å². The second-order valence-electron chi connectivity index (χ2n) is 5.77. The summed E-state index contributed by atoms with van der Waals surface area (Å²) < 4.78 is 16.6. The molecule has 0 amide bonds. The van der Waals surface area contributed by atoms with Crippen LogP contribution in [0.25, 0.3) is 0 Å². The van der Waals surface area contributed by atoms with Crippen molar-refractivity contribution in [3.8, 4) is 5.75 Å². The lowest BCUT2D eigenvalue weighted by molar-refractivity contribution is -0.0634. The molecule has 0 aliphatic rings. The van der Waals surface area contributed by atoms with E-state index in [1.807, 2.05) is 43.3 Å². The first-order valence-electron chi connectivity index (χ1n) is 8.23. The zero-order chi connectivity index (χ0) is 17.3. The molecule has 0 N–H and O–H groups in total. The molecule has 0 saturated carbocycles. The van der Waals surface area contributed by atoms with Gasteiger partial charge in [-0.2, -0.15) is 0 Å². The highest BCUT2D eigenvalue weighted by molar-refractivity contribution is 5.64. The largest absolute Gasteiger partial charge is 0.514 e.